The molecule has 1 aromatic heterocycles. The van der Waals surface area contributed by atoms with Gasteiger partial charge in [0.1, 0.15) is 0 Å². The van der Waals surface area contributed by atoms with Crippen LogP contribution in [0.1, 0.15) is 0 Å². The molecule has 0 fully saturated rings. The fraction of sp³-hybridized carbons (Fsp3) is 0. The molecular formula is C38H25NS. The monoisotopic (exact) mass is 527 g/mol. The lowest BCUT2D eigenvalue weighted by molar-refractivity contribution is 1.29. The Morgan fingerprint density at radius 2 is 0.925 bits per heavy atom. The maximum absolute atomic E-state index is 2.35. The largest absolute Gasteiger partial charge is 0.310 e. The number of nitrogens with zero attached hydrogens (tertiary/aromatic N) is 1. The van der Waals surface area contributed by atoms with E-state index < -0.39 is 0 Å². The van der Waals surface area contributed by atoms with Crippen molar-refractivity contribution < 1.29 is 0 Å². The van der Waals surface area contributed by atoms with Crippen molar-refractivity contribution in [3.05, 3.63) is 152 Å². The van der Waals surface area contributed by atoms with E-state index in [0.29, 0.717) is 0 Å². The first-order valence-electron chi connectivity index (χ1n) is 13.6. The Hall–Kier alpha value is -4.92. The van der Waals surface area contributed by atoms with Gasteiger partial charge in [0.15, 0.2) is 0 Å². The highest BCUT2D eigenvalue weighted by atomic mass is 32.1. The average Bonchev–Trinajstić information content (AvgIpc) is 3.37. The molecule has 0 bridgehead atoms. The number of benzene rings is 7. The molecule has 8 aromatic rings. The number of hydrogen-bond acceptors (Lipinski definition) is 2. The first-order valence-corrected chi connectivity index (χ1v) is 14.4. The van der Waals surface area contributed by atoms with Crippen LogP contribution in [0.15, 0.2) is 152 Å². The summed E-state index contributed by atoms with van der Waals surface area (Å²) in [5.41, 5.74) is 5.90. The zero-order valence-electron chi connectivity index (χ0n) is 21.8. The molecule has 0 saturated heterocycles. The third-order valence-corrected chi connectivity index (χ3v) is 8.92. The zero-order valence-corrected chi connectivity index (χ0v) is 22.6. The topological polar surface area (TPSA) is 3.24 Å². The summed E-state index contributed by atoms with van der Waals surface area (Å²) in [6.07, 6.45) is 0. The molecule has 0 aliphatic heterocycles. The summed E-state index contributed by atoms with van der Waals surface area (Å²) in [5, 5.41) is 7.75. The Morgan fingerprint density at radius 3 is 1.70 bits per heavy atom. The van der Waals surface area contributed by atoms with Gasteiger partial charge in [-0.3, -0.25) is 0 Å². The smallest absolute Gasteiger partial charge is 0.0476 e. The van der Waals surface area contributed by atoms with E-state index in [2.05, 4.69) is 157 Å². The summed E-state index contributed by atoms with van der Waals surface area (Å²) in [7, 11) is 0. The molecule has 2 heteroatoms. The fourth-order valence-electron chi connectivity index (χ4n) is 5.79. The molecule has 0 saturated carbocycles. The van der Waals surface area contributed by atoms with Crippen LogP contribution in [0.5, 0.6) is 0 Å². The Bertz CT molecular complexity index is 2160. The molecular weight excluding hydrogens is 502 g/mol. The number of anilines is 3. The van der Waals surface area contributed by atoms with Crippen molar-refractivity contribution in [1.82, 2.24) is 0 Å². The van der Waals surface area contributed by atoms with Crippen LogP contribution in [0.25, 0.3) is 52.8 Å². The number of para-hydroxylation sites is 1. The second kappa shape index (κ2) is 9.37. The van der Waals surface area contributed by atoms with Gasteiger partial charge < -0.3 is 4.90 Å². The van der Waals surface area contributed by atoms with Crippen LogP contribution in [0.4, 0.5) is 17.1 Å². The van der Waals surface area contributed by atoms with Gasteiger partial charge in [-0.25, -0.2) is 0 Å². The van der Waals surface area contributed by atoms with Crippen LogP contribution >= 0.6 is 11.3 Å². The van der Waals surface area contributed by atoms with Gasteiger partial charge in [-0.05, 0) is 87.3 Å². The van der Waals surface area contributed by atoms with Gasteiger partial charge in [-0.1, -0.05) is 97.1 Å². The minimum atomic E-state index is 1.14. The number of rotatable bonds is 4. The molecule has 0 N–H and O–H groups in total. The van der Waals surface area contributed by atoms with E-state index >= 15 is 0 Å². The molecule has 1 nitrogen and oxygen atoms in total. The lowest BCUT2D eigenvalue weighted by Crippen LogP contribution is -2.09. The molecule has 1 heterocycles. The third kappa shape index (κ3) is 3.93. The molecule has 0 aliphatic carbocycles. The van der Waals surface area contributed by atoms with Crippen molar-refractivity contribution in [3.8, 4) is 11.1 Å². The van der Waals surface area contributed by atoms with E-state index in [0.717, 1.165) is 17.1 Å². The van der Waals surface area contributed by atoms with Crippen LogP contribution in [0.3, 0.4) is 0 Å². The number of hydrogen-bond donors (Lipinski definition) is 0. The first-order chi connectivity index (χ1) is 19.8. The summed E-state index contributed by atoms with van der Waals surface area (Å²) in [6, 6.07) is 55.0. The van der Waals surface area contributed by atoms with Crippen LogP contribution in [-0.4, -0.2) is 0 Å². The minimum Gasteiger partial charge on any atom is -0.310 e. The lowest BCUT2D eigenvalue weighted by Gasteiger charge is -2.25. The highest BCUT2D eigenvalue weighted by molar-refractivity contribution is 7.25. The zero-order chi connectivity index (χ0) is 26.5. The lowest BCUT2D eigenvalue weighted by atomic mass is 10.0. The molecule has 0 aliphatic rings. The third-order valence-electron chi connectivity index (χ3n) is 7.80. The van der Waals surface area contributed by atoms with E-state index in [1.54, 1.807) is 0 Å². The fourth-order valence-corrected chi connectivity index (χ4v) is 6.96. The van der Waals surface area contributed by atoms with E-state index in [1.165, 1.54) is 52.8 Å². The SMILES string of the molecule is c1ccc(N(c2ccc(-c3ccc4ccccc4c3)cc2)c2ccc3c(c2)sc2cc4ccccc4cc23)cc1. The average molecular weight is 528 g/mol. The van der Waals surface area contributed by atoms with E-state index in [-0.39, 0.29) is 0 Å². The summed E-state index contributed by atoms with van der Waals surface area (Å²) >= 11 is 1.87. The van der Waals surface area contributed by atoms with Crippen molar-refractivity contribution in [2.24, 2.45) is 0 Å². The maximum Gasteiger partial charge on any atom is 0.0476 e. The molecule has 188 valence electrons. The van der Waals surface area contributed by atoms with E-state index in [4.69, 9.17) is 0 Å². The normalized spacial score (nSPS) is 11.5. The molecule has 0 atom stereocenters. The summed E-state index contributed by atoms with van der Waals surface area (Å²) < 4.78 is 2.63. The van der Waals surface area contributed by atoms with Crippen LogP contribution in [-0.2, 0) is 0 Å². The van der Waals surface area contributed by atoms with Crippen LogP contribution < -0.4 is 4.90 Å². The van der Waals surface area contributed by atoms with Gasteiger partial charge in [0, 0.05) is 37.2 Å². The van der Waals surface area contributed by atoms with Crippen LogP contribution in [0.2, 0.25) is 0 Å². The Balaban J connectivity index is 1.23. The van der Waals surface area contributed by atoms with Crippen molar-refractivity contribution in [2.75, 3.05) is 4.90 Å². The predicted octanol–water partition coefficient (Wildman–Crippen LogP) is 11.5. The summed E-state index contributed by atoms with van der Waals surface area (Å²) in [4.78, 5) is 2.35. The molecule has 8 rings (SSSR count). The Kier molecular flexibility index (Phi) is 5.39. The summed E-state index contributed by atoms with van der Waals surface area (Å²) in [6.45, 7) is 0. The van der Waals surface area contributed by atoms with Gasteiger partial charge >= 0.3 is 0 Å². The minimum absolute atomic E-state index is 1.14. The number of thiophene rings is 1. The molecule has 7 aromatic carbocycles. The standard InChI is InChI=1S/C38H25NS/c1-2-12-32(13-3-1)39(33-18-16-27(17-19-33)31-15-14-26-8-4-5-9-28(26)22-31)34-20-21-35-36-23-29-10-6-7-11-30(29)24-37(36)40-38(35)25-34/h1-25H. The van der Waals surface area contributed by atoms with Gasteiger partial charge in [-0.2, -0.15) is 0 Å². The molecule has 40 heavy (non-hydrogen) atoms. The second-order valence-electron chi connectivity index (χ2n) is 10.3. The quantitative estimate of drug-likeness (QED) is 0.220. The van der Waals surface area contributed by atoms with Gasteiger partial charge in [0.2, 0.25) is 0 Å². The summed E-state index contributed by atoms with van der Waals surface area (Å²) in [5.74, 6) is 0. The van der Waals surface area contributed by atoms with E-state index in [1.807, 2.05) is 11.3 Å². The second-order valence-corrected chi connectivity index (χ2v) is 11.3. The van der Waals surface area contributed by atoms with Gasteiger partial charge in [-0.15, -0.1) is 11.3 Å². The van der Waals surface area contributed by atoms with E-state index in [9.17, 15) is 0 Å². The van der Waals surface area contributed by atoms with Crippen molar-refractivity contribution in [3.63, 3.8) is 0 Å². The molecule has 0 spiro atoms. The number of fused-ring (bicyclic) bond motifs is 5. The van der Waals surface area contributed by atoms with Crippen molar-refractivity contribution in [2.45, 2.75) is 0 Å². The van der Waals surface area contributed by atoms with Gasteiger partial charge in [0.25, 0.3) is 0 Å². The predicted molar refractivity (Wildman–Crippen MR) is 174 cm³/mol. The maximum atomic E-state index is 2.35. The highest BCUT2D eigenvalue weighted by Gasteiger charge is 2.15. The van der Waals surface area contributed by atoms with Crippen molar-refractivity contribution >= 4 is 70.1 Å². The van der Waals surface area contributed by atoms with Crippen molar-refractivity contribution in [1.29, 1.82) is 0 Å². The molecule has 0 amide bonds. The van der Waals surface area contributed by atoms with Crippen LogP contribution in [0, 0.1) is 0 Å². The first kappa shape index (κ1) is 23.0. The highest BCUT2D eigenvalue weighted by Crippen LogP contribution is 2.42. The Morgan fingerprint density at radius 1 is 0.350 bits per heavy atom. The molecule has 0 unspecified atom stereocenters. The van der Waals surface area contributed by atoms with Gasteiger partial charge in [0.05, 0.1) is 0 Å². The molecule has 0 radical (unpaired) electrons. The Labute approximate surface area is 237 Å².